The van der Waals surface area contributed by atoms with Gasteiger partial charge in [-0.15, -0.1) is 0 Å². The zero-order valence-corrected chi connectivity index (χ0v) is 16.2. The van der Waals surface area contributed by atoms with Gasteiger partial charge in [0.1, 0.15) is 11.2 Å². The van der Waals surface area contributed by atoms with Gasteiger partial charge in [0.2, 0.25) is 0 Å². The number of fused-ring (bicyclic) bond motifs is 1. The van der Waals surface area contributed by atoms with Crippen molar-refractivity contribution in [2.45, 2.75) is 32.2 Å². The van der Waals surface area contributed by atoms with E-state index in [-0.39, 0.29) is 11.6 Å². The Kier molecular flexibility index (Phi) is 4.48. The number of nitrogens with one attached hydrogen (secondary N) is 1. The molecule has 0 bridgehead atoms. The summed E-state index contributed by atoms with van der Waals surface area (Å²) in [6.07, 6.45) is 7.68. The van der Waals surface area contributed by atoms with Crippen molar-refractivity contribution in [2.24, 2.45) is 0 Å². The van der Waals surface area contributed by atoms with E-state index in [2.05, 4.69) is 15.2 Å². The summed E-state index contributed by atoms with van der Waals surface area (Å²) in [5.41, 5.74) is 3.59. The van der Waals surface area contributed by atoms with Crippen LogP contribution in [-0.4, -0.2) is 42.7 Å². The number of rotatable bonds is 4. The van der Waals surface area contributed by atoms with E-state index in [1.807, 2.05) is 52.9 Å². The van der Waals surface area contributed by atoms with Crippen LogP contribution in [0.1, 0.15) is 35.8 Å². The Bertz CT molecular complexity index is 1220. The first-order valence-corrected chi connectivity index (χ1v) is 9.83. The van der Waals surface area contributed by atoms with Crippen LogP contribution in [0.15, 0.2) is 47.7 Å². The lowest BCUT2D eigenvalue weighted by molar-refractivity contribution is 0.0673. The smallest absolute Gasteiger partial charge is 0.262 e. The van der Waals surface area contributed by atoms with Gasteiger partial charge in [-0.05, 0) is 37.0 Å². The lowest BCUT2D eigenvalue weighted by Crippen LogP contribution is -2.21. The fraction of sp³-hybridized carbons (Fsp3) is 0.333. The van der Waals surface area contributed by atoms with Gasteiger partial charge in [0.25, 0.3) is 5.56 Å². The number of para-hydroxylation sites is 1. The van der Waals surface area contributed by atoms with E-state index in [1.165, 1.54) is 0 Å². The molecule has 0 amide bonds. The Morgan fingerprint density at radius 2 is 2.00 bits per heavy atom. The van der Waals surface area contributed by atoms with Gasteiger partial charge in [-0.3, -0.25) is 4.79 Å². The van der Waals surface area contributed by atoms with Crippen LogP contribution >= 0.6 is 0 Å². The van der Waals surface area contributed by atoms with E-state index >= 15 is 0 Å². The van der Waals surface area contributed by atoms with E-state index in [4.69, 9.17) is 9.72 Å². The Labute approximate surface area is 167 Å². The third-order valence-electron chi connectivity index (χ3n) is 5.36. The number of H-pyrrole nitrogens is 1. The first-order chi connectivity index (χ1) is 14.2. The molecular formula is C21H22N6O2. The van der Waals surface area contributed by atoms with E-state index < -0.39 is 0 Å². The zero-order chi connectivity index (χ0) is 19.8. The monoisotopic (exact) mass is 390 g/mol. The number of aryl methyl sites for hydroxylation is 1. The van der Waals surface area contributed by atoms with Gasteiger partial charge >= 0.3 is 0 Å². The average molecular weight is 390 g/mol. The fourth-order valence-electron chi connectivity index (χ4n) is 3.87. The van der Waals surface area contributed by atoms with Gasteiger partial charge in [0, 0.05) is 25.8 Å². The summed E-state index contributed by atoms with van der Waals surface area (Å²) in [4.78, 5) is 20.4. The molecule has 0 saturated carbocycles. The second-order valence-electron chi connectivity index (χ2n) is 7.45. The number of benzene rings is 1. The molecular weight excluding hydrogens is 368 g/mol. The highest BCUT2D eigenvalue weighted by molar-refractivity contribution is 5.73. The van der Waals surface area contributed by atoms with Gasteiger partial charge in [0.15, 0.2) is 5.65 Å². The highest BCUT2D eigenvalue weighted by atomic mass is 16.5. The number of hydrogen-bond acceptors (Lipinski definition) is 5. The first kappa shape index (κ1) is 17.8. The molecule has 4 aromatic rings. The Balaban J connectivity index is 1.54. The van der Waals surface area contributed by atoms with Crippen molar-refractivity contribution < 1.29 is 4.74 Å². The molecule has 8 heteroatoms. The van der Waals surface area contributed by atoms with Gasteiger partial charge < -0.3 is 9.72 Å². The maximum Gasteiger partial charge on any atom is 0.262 e. The van der Waals surface area contributed by atoms with E-state index in [9.17, 15) is 4.79 Å². The molecule has 0 aliphatic carbocycles. The SMILES string of the molecule is Cc1cnn(-c2ccccc2Cc2nc3c(cnn3C3CCOCC3)c(=O)[nH]2)c1. The number of aromatic nitrogens is 6. The topological polar surface area (TPSA) is 90.6 Å². The molecule has 1 aliphatic heterocycles. The minimum atomic E-state index is -0.157. The normalized spacial score (nSPS) is 15.2. The summed E-state index contributed by atoms with van der Waals surface area (Å²) < 4.78 is 9.20. The van der Waals surface area contributed by atoms with Crippen molar-refractivity contribution in [3.8, 4) is 5.69 Å². The molecule has 1 aliphatic rings. The third kappa shape index (κ3) is 3.36. The van der Waals surface area contributed by atoms with Crippen LogP contribution in [0.4, 0.5) is 0 Å². The molecule has 29 heavy (non-hydrogen) atoms. The summed E-state index contributed by atoms with van der Waals surface area (Å²) in [6, 6.07) is 8.23. The molecule has 0 atom stereocenters. The lowest BCUT2D eigenvalue weighted by Gasteiger charge is -2.22. The number of ether oxygens (including phenoxy) is 1. The van der Waals surface area contributed by atoms with Crippen molar-refractivity contribution in [1.29, 1.82) is 0 Å². The second kappa shape index (κ2) is 7.29. The highest BCUT2D eigenvalue weighted by Gasteiger charge is 2.21. The van der Waals surface area contributed by atoms with E-state index in [1.54, 1.807) is 6.20 Å². The molecule has 5 rings (SSSR count). The van der Waals surface area contributed by atoms with Crippen LogP contribution in [0.5, 0.6) is 0 Å². The minimum Gasteiger partial charge on any atom is -0.381 e. The van der Waals surface area contributed by atoms with E-state index in [0.29, 0.717) is 36.5 Å². The van der Waals surface area contributed by atoms with Crippen LogP contribution in [-0.2, 0) is 11.2 Å². The summed E-state index contributed by atoms with van der Waals surface area (Å²) >= 11 is 0. The summed E-state index contributed by atoms with van der Waals surface area (Å²) in [7, 11) is 0. The third-order valence-corrected chi connectivity index (χ3v) is 5.36. The maximum absolute atomic E-state index is 12.7. The fourth-order valence-corrected chi connectivity index (χ4v) is 3.87. The molecule has 1 saturated heterocycles. The summed E-state index contributed by atoms with van der Waals surface area (Å²) in [5.74, 6) is 0.618. The van der Waals surface area contributed by atoms with Crippen LogP contribution in [0.25, 0.3) is 16.7 Å². The molecule has 148 valence electrons. The van der Waals surface area contributed by atoms with Crippen molar-refractivity contribution in [3.63, 3.8) is 0 Å². The molecule has 0 radical (unpaired) electrons. The van der Waals surface area contributed by atoms with Gasteiger partial charge in [-0.1, -0.05) is 18.2 Å². The molecule has 1 aromatic carbocycles. The Morgan fingerprint density at radius 3 is 2.79 bits per heavy atom. The summed E-state index contributed by atoms with van der Waals surface area (Å²) in [5, 5.41) is 9.41. The minimum absolute atomic E-state index is 0.157. The van der Waals surface area contributed by atoms with Gasteiger partial charge in [-0.25, -0.2) is 14.3 Å². The van der Waals surface area contributed by atoms with Crippen molar-refractivity contribution in [2.75, 3.05) is 13.2 Å². The molecule has 4 heterocycles. The molecule has 0 unspecified atom stereocenters. The summed E-state index contributed by atoms with van der Waals surface area (Å²) in [6.45, 7) is 3.42. The van der Waals surface area contributed by atoms with Crippen molar-refractivity contribution in [3.05, 3.63) is 70.2 Å². The number of nitrogens with zero attached hydrogens (tertiary/aromatic N) is 5. The quantitative estimate of drug-likeness (QED) is 0.578. The molecule has 0 spiro atoms. The molecule has 1 N–H and O–H groups in total. The van der Waals surface area contributed by atoms with Crippen LogP contribution < -0.4 is 5.56 Å². The standard InChI is InChI=1S/C21H22N6O2/c1-14-11-22-26(13-14)18-5-3-2-4-15(18)10-19-24-20-17(21(28)25-19)12-23-27(20)16-6-8-29-9-7-16/h2-5,11-13,16H,6-10H2,1H3,(H,24,25,28). The van der Waals surface area contributed by atoms with Gasteiger partial charge in [0.05, 0.1) is 24.1 Å². The van der Waals surface area contributed by atoms with Crippen molar-refractivity contribution >= 4 is 11.0 Å². The number of aromatic amines is 1. The zero-order valence-electron chi connectivity index (χ0n) is 16.2. The lowest BCUT2D eigenvalue weighted by atomic mass is 10.1. The van der Waals surface area contributed by atoms with E-state index in [0.717, 1.165) is 29.7 Å². The Hall–Kier alpha value is -3.26. The number of hydrogen-bond donors (Lipinski definition) is 1. The van der Waals surface area contributed by atoms with Crippen LogP contribution in [0, 0.1) is 6.92 Å². The average Bonchev–Trinajstić information content (AvgIpc) is 3.36. The largest absolute Gasteiger partial charge is 0.381 e. The molecule has 3 aromatic heterocycles. The van der Waals surface area contributed by atoms with Gasteiger partial charge in [-0.2, -0.15) is 10.2 Å². The Morgan fingerprint density at radius 1 is 1.17 bits per heavy atom. The van der Waals surface area contributed by atoms with Crippen molar-refractivity contribution in [1.82, 2.24) is 29.5 Å². The maximum atomic E-state index is 12.7. The second-order valence-corrected chi connectivity index (χ2v) is 7.45. The van der Waals surface area contributed by atoms with Crippen LogP contribution in [0.2, 0.25) is 0 Å². The highest BCUT2D eigenvalue weighted by Crippen LogP contribution is 2.23. The molecule has 8 nitrogen and oxygen atoms in total. The van der Waals surface area contributed by atoms with Crippen LogP contribution in [0.3, 0.4) is 0 Å². The first-order valence-electron chi connectivity index (χ1n) is 9.83. The predicted molar refractivity (Wildman–Crippen MR) is 108 cm³/mol. The molecule has 1 fully saturated rings. The predicted octanol–water partition coefficient (Wildman–Crippen LogP) is 2.56.